The molecule has 0 saturated heterocycles. The Hall–Kier alpha value is -0.180. The molecule has 2 N–H and O–H groups in total. The summed E-state index contributed by atoms with van der Waals surface area (Å²) in [5.41, 5.74) is 5.67. The fourth-order valence-corrected chi connectivity index (χ4v) is 2.06. The maximum Gasteiger partial charge on any atom is 0.154 e. The van der Waals surface area contributed by atoms with Crippen LogP contribution in [0.1, 0.15) is 32.6 Å². The molecule has 1 aliphatic rings. The van der Waals surface area contributed by atoms with Gasteiger partial charge in [-0.3, -0.25) is 4.99 Å². The zero-order chi connectivity index (χ0) is 8.10. The fourth-order valence-electron chi connectivity index (χ4n) is 1.32. The van der Waals surface area contributed by atoms with E-state index in [4.69, 9.17) is 5.73 Å². The Bertz CT molecular complexity index is 145. The molecule has 0 saturated carbocycles. The van der Waals surface area contributed by atoms with Gasteiger partial charge in [-0.15, -0.1) is 0 Å². The number of aliphatic imine (C=N–C) groups is 1. The standard InChI is InChI=1S/C8H16N2S/c1-2-4-7-5-3-6-11-8(9)10-7/h7H,2-6H2,1H3,(H2,9,10). The van der Waals surface area contributed by atoms with Crippen LogP contribution in [-0.4, -0.2) is 17.0 Å². The monoisotopic (exact) mass is 172 g/mol. The molecule has 1 atom stereocenters. The lowest BCUT2D eigenvalue weighted by atomic mass is 10.1. The van der Waals surface area contributed by atoms with Crippen molar-refractivity contribution in [2.24, 2.45) is 10.7 Å². The summed E-state index contributed by atoms with van der Waals surface area (Å²) in [7, 11) is 0. The molecule has 0 fully saturated rings. The van der Waals surface area contributed by atoms with E-state index in [-0.39, 0.29) is 0 Å². The first-order valence-electron chi connectivity index (χ1n) is 4.29. The second-order valence-corrected chi connectivity index (χ2v) is 4.02. The van der Waals surface area contributed by atoms with E-state index in [9.17, 15) is 0 Å². The van der Waals surface area contributed by atoms with Crippen molar-refractivity contribution in [3.05, 3.63) is 0 Å². The number of nitrogens with two attached hydrogens (primary N) is 1. The fraction of sp³-hybridized carbons (Fsp3) is 0.875. The highest BCUT2D eigenvalue weighted by atomic mass is 32.2. The van der Waals surface area contributed by atoms with Crippen LogP contribution in [0.4, 0.5) is 0 Å². The summed E-state index contributed by atoms with van der Waals surface area (Å²) in [5.74, 6) is 1.15. The number of hydrogen-bond acceptors (Lipinski definition) is 3. The van der Waals surface area contributed by atoms with E-state index < -0.39 is 0 Å². The zero-order valence-corrected chi connectivity index (χ0v) is 7.86. The molecule has 1 rings (SSSR count). The molecule has 0 aromatic rings. The Morgan fingerprint density at radius 3 is 3.27 bits per heavy atom. The van der Waals surface area contributed by atoms with E-state index in [1.54, 1.807) is 11.8 Å². The molecular weight excluding hydrogens is 156 g/mol. The van der Waals surface area contributed by atoms with Gasteiger partial charge in [-0.2, -0.15) is 0 Å². The van der Waals surface area contributed by atoms with E-state index >= 15 is 0 Å². The summed E-state index contributed by atoms with van der Waals surface area (Å²) in [4.78, 5) is 4.42. The smallest absolute Gasteiger partial charge is 0.154 e. The minimum atomic E-state index is 0.509. The van der Waals surface area contributed by atoms with Crippen LogP contribution in [-0.2, 0) is 0 Å². The Morgan fingerprint density at radius 2 is 2.55 bits per heavy atom. The minimum absolute atomic E-state index is 0.509. The van der Waals surface area contributed by atoms with Gasteiger partial charge >= 0.3 is 0 Å². The van der Waals surface area contributed by atoms with Gasteiger partial charge in [-0.1, -0.05) is 25.1 Å². The van der Waals surface area contributed by atoms with Crippen LogP contribution in [0.2, 0.25) is 0 Å². The van der Waals surface area contributed by atoms with Crippen molar-refractivity contribution in [3.63, 3.8) is 0 Å². The van der Waals surface area contributed by atoms with E-state index in [1.807, 2.05) is 0 Å². The first kappa shape index (κ1) is 8.91. The van der Waals surface area contributed by atoms with E-state index in [0.717, 1.165) is 10.9 Å². The van der Waals surface area contributed by atoms with Crippen LogP contribution in [0.25, 0.3) is 0 Å². The number of amidine groups is 1. The molecule has 3 heteroatoms. The van der Waals surface area contributed by atoms with Crippen LogP contribution >= 0.6 is 11.8 Å². The summed E-state index contributed by atoms with van der Waals surface area (Å²) >= 11 is 1.70. The van der Waals surface area contributed by atoms with Gasteiger partial charge in [0.25, 0.3) is 0 Å². The third-order valence-corrected chi connectivity index (χ3v) is 2.76. The highest BCUT2D eigenvalue weighted by Crippen LogP contribution is 2.17. The highest BCUT2D eigenvalue weighted by Gasteiger charge is 2.10. The second kappa shape index (κ2) is 4.65. The number of thioether (sulfide) groups is 1. The van der Waals surface area contributed by atoms with Gasteiger partial charge in [0, 0.05) is 5.75 Å². The van der Waals surface area contributed by atoms with Crippen molar-refractivity contribution in [1.29, 1.82) is 0 Å². The van der Waals surface area contributed by atoms with Gasteiger partial charge in [0.2, 0.25) is 0 Å². The van der Waals surface area contributed by atoms with Gasteiger partial charge < -0.3 is 5.73 Å². The van der Waals surface area contributed by atoms with Gasteiger partial charge in [-0.05, 0) is 19.3 Å². The summed E-state index contributed by atoms with van der Waals surface area (Å²) < 4.78 is 0. The SMILES string of the molecule is CCCC1CCCSC(N)=N1. The maximum atomic E-state index is 5.67. The predicted octanol–water partition coefficient (Wildman–Crippen LogP) is 2.00. The summed E-state index contributed by atoms with van der Waals surface area (Å²) in [6, 6.07) is 0.509. The van der Waals surface area contributed by atoms with Crippen molar-refractivity contribution >= 4 is 16.9 Å². The first-order chi connectivity index (χ1) is 5.33. The predicted molar refractivity (Wildman–Crippen MR) is 52.0 cm³/mol. The van der Waals surface area contributed by atoms with Crippen LogP contribution in [0.15, 0.2) is 4.99 Å². The molecule has 0 spiro atoms. The Labute approximate surface area is 72.6 Å². The minimum Gasteiger partial charge on any atom is -0.379 e. The van der Waals surface area contributed by atoms with Crippen molar-refractivity contribution in [2.75, 3.05) is 5.75 Å². The van der Waals surface area contributed by atoms with Crippen molar-refractivity contribution in [3.8, 4) is 0 Å². The third kappa shape index (κ3) is 3.14. The van der Waals surface area contributed by atoms with Gasteiger partial charge in [0.15, 0.2) is 5.17 Å². The Kier molecular flexibility index (Phi) is 3.77. The zero-order valence-electron chi connectivity index (χ0n) is 7.05. The van der Waals surface area contributed by atoms with Crippen LogP contribution in [0, 0.1) is 0 Å². The van der Waals surface area contributed by atoms with Crippen LogP contribution < -0.4 is 5.73 Å². The molecule has 0 bridgehead atoms. The quantitative estimate of drug-likeness (QED) is 0.692. The molecule has 0 amide bonds. The van der Waals surface area contributed by atoms with Gasteiger partial charge in [-0.25, -0.2) is 0 Å². The number of nitrogens with zero attached hydrogens (tertiary/aromatic N) is 1. The molecule has 1 heterocycles. The maximum absolute atomic E-state index is 5.67. The average Bonchev–Trinajstić information content (AvgIpc) is 2.15. The average molecular weight is 172 g/mol. The van der Waals surface area contributed by atoms with E-state index in [1.165, 1.54) is 25.7 Å². The summed E-state index contributed by atoms with van der Waals surface area (Å²) in [6.45, 7) is 2.20. The number of hydrogen-bond donors (Lipinski definition) is 1. The lowest BCUT2D eigenvalue weighted by molar-refractivity contribution is 0.561. The normalized spacial score (nSPS) is 25.9. The Morgan fingerprint density at radius 1 is 1.73 bits per heavy atom. The summed E-state index contributed by atoms with van der Waals surface area (Å²) in [6.07, 6.45) is 4.90. The van der Waals surface area contributed by atoms with Crippen molar-refractivity contribution in [1.82, 2.24) is 0 Å². The highest BCUT2D eigenvalue weighted by molar-refractivity contribution is 8.13. The van der Waals surface area contributed by atoms with Gasteiger partial charge in [0.05, 0.1) is 6.04 Å². The second-order valence-electron chi connectivity index (χ2n) is 2.90. The molecule has 0 aromatic carbocycles. The molecule has 1 unspecified atom stereocenters. The molecule has 64 valence electrons. The van der Waals surface area contributed by atoms with E-state index in [0.29, 0.717) is 6.04 Å². The molecule has 11 heavy (non-hydrogen) atoms. The Balaban J connectivity index is 2.42. The third-order valence-electron chi connectivity index (χ3n) is 1.86. The largest absolute Gasteiger partial charge is 0.379 e. The lowest BCUT2D eigenvalue weighted by Crippen LogP contribution is -2.10. The lowest BCUT2D eigenvalue weighted by Gasteiger charge is -2.07. The topological polar surface area (TPSA) is 38.4 Å². The van der Waals surface area contributed by atoms with Crippen LogP contribution in [0.5, 0.6) is 0 Å². The molecule has 0 aromatic heterocycles. The molecular formula is C8H16N2S. The molecule has 1 aliphatic heterocycles. The van der Waals surface area contributed by atoms with E-state index in [2.05, 4.69) is 11.9 Å². The van der Waals surface area contributed by atoms with Crippen molar-refractivity contribution < 1.29 is 0 Å². The number of rotatable bonds is 2. The molecule has 0 aliphatic carbocycles. The molecule has 2 nitrogen and oxygen atoms in total. The van der Waals surface area contributed by atoms with Gasteiger partial charge in [0.1, 0.15) is 0 Å². The first-order valence-corrected chi connectivity index (χ1v) is 5.27. The molecule has 0 radical (unpaired) electrons. The van der Waals surface area contributed by atoms with Crippen LogP contribution in [0.3, 0.4) is 0 Å². The van der Waals surface area contributed by atoms with Crippen molar-refractivity contribution in [2.45, 2.75) is 38.6 Å². The summed E-state index contributed by atoms with van der Waals surface area (Å²) in [5, 5.41) is 0.793.